The molecule has 0 atom stereocenters. The van der Waals surface area contributed by atoms with Gasteiger partial charge in [0.1, 0.15) is 0 Å². The van der Waals surface area contributed by atoms with Crippen molar-refractivity contribution in [3.63, 3.8) is 0 Å². The van der Waals surface area contributed by atoms with Crippen LogP contribution in [0.5, 0.6) is 0 Å². The van der Waals surface area contributed by atoms with E-state index in [0.717, 1.165) is 16.9 Å². The molecule has 2 amide bonds. The summed E-state index contributed by atoms with van der Waals surface area (Å²) in [7, 11) is 0. The maximum atomic E-state index is 12.5. The summed E-state index contributed by atoms with van der Waals surface area (Å²) in [5, 5.41) is 4.27. The molecule has 2 N–H and O–H groups in total. The third-order valence-electron chi connectivity index (χ3n) is 4.38. The van der Waals surface area contributed by atoms with Crippen LogP contribution < -0.4 is 10.9 Å². The number of para-hydroxylation sites is 2. The Hall–Kier alpha value is -4.39. The van der Waals surface area contributed by atoms with Gasteiger partial charge >= 0.3 is 0 Å². The van der Waals surface area contributed by atoms with Crippen LogP contribution in [0.2, 0.25) is 0 Å². The number of hydrazine groups is 1. The Kier molecular flexibility index (Phi) is 5.52. The van der Waals surface area contributed by atoms with E-state index in [0.29, 0.717) is 5.56 Å². The Labute approximate surface area is 173 Å². The smallest absolute Gasteiger partial charge is 0.271 e. The van der Waals surface area contributed by atoms with Crippen LogP contribution in [0.15, 0.2) is 97.6 Å². The highest BCUT2D eigenvalue weighted by atomic mass is 16.2. The van der Waals surface area contributed by atoms with Crippen LogP contribution >= 0.6 is 0 Å². The molecule has 0 aliphatic heterocycles. The number of benzene rings is 2. The van der Waals surface area contributed by atoms with E-state index in [9.17, 15) is 9.59 Å². The van der Waals surface area contributed by atoms with Gasteiger partial charge in [-0.2, -0.15) is 5.10 Å². The van der Waals surface area contributed by atoms with Gasteiger partial charge in [0, 0.05) is 30.2 Å². The molecule has 0 aliphatic carbocycles. The average molecular weight is 397 g/mol. The lowest BCUT2D eigenvalue weighted by molar-refractivity contribution is -0.117. The van der Waals surface area contributed by atoms with Gasteiger partial charge in [-0.3, -0.25) is 20.4 Å². The van der Waals surface area contributed by atoms with Crippen molar-refractivity contribution in [2.45, 2.75) is 0 Å². The lowest BCUT2D eigenvalue weighted by Crippen LogP contribution is -2.41. The molecule has 0 saturated heterocycles. The van der Waals surface area contributed by atoms with Gasteiger partial charge < -0.3 is 4.57 Å². The first-order valence-corrected chi connectivity index (χ1v) is 9.31. The second-order valence-electron chi connectivity index (χ2n) is 6.44. The molecule has 0 aliphatic rings. The van der Waals surface area contributed by atoms with Gasteiger partial charge in [-0.25, -0.2) is 4.68 Å². The van der Waals surface area contributed by atoms with Gasteiger partial charge in [-0.1, -0.05) is 30.3 Å². The molecule has 0 radical (unpaired) electrons. The normalized spacial score (nSPS) is 10.8. The molecule has 30 heavy (non-hydrogen) atoms. The fourth-order valence-corrected chi connectivity index (χ4v) is 2.93. The quantitative estimate of drug-likeness (QED) is 0.401. The first kappa shape index (κ1) is 18.9. The number of rotatable bonds is 5. The summed E-state index contributed by atoms with van der Waals surface area (Å²) in [4.78, 5) is 24.6. The Morgan fingerprint density at radius 1 is 0.867 bits per heavy atom. The first-order chi connectivity index (χ1) is 14.7. The highest BCUT2D eigenvalue weighted by Gasteiger charge is 2.12. The Bertz CT molecular complexity index is 1180. The molecule has 4 aromatic rings. The van der Waals surface area contributed by atoms with Crippen LogP contribution in [0.25, 0.3) is 17.5 Å². The summed E-state index contributed by atoms with van der Waals surface area (Å²) in [6.07, 6.45) is 10.1. The van der Waals surface area contributed by atoms with Crippen LogP contribution in [-0.4, -0.2) is 26.2 Å². The predicted octanol–water partition coefficient (Wildman–Crippen LogP) is 3.14. The molecule has 0 unspecified atom stereocenters. The molecule has 0 saturated carbocycles. The summed E-state index contributed by atoms with van der Waals surface area (Å²) in [6, 6.07) is 20.6. The highest BCUT2D eigenvalue weighted by molar-refractivity contribution is 6.00. The predicted molar refractivity (Wildman–Crippen MR) is 114 cm³/mol. The highest BCUT2D eigenvalue weighted by Crippen LogP contribution is 2.14. The Morgan fingerprint density at radius 2 is 1.60 bits per heavy atom. The number of carbonyl (C=O) groups excluding carboxylic acids is 2. The maximum Gasteiger partial charge on any atom is 0.271 e. The van der Waals surface area contributed by atoms with Crippen LogP contribution in [0, 0.1) is 0 Å². The second kappa shape index (κ2) is 8.74. The van der Waals surface area contributed by atoms with E-state index in [1.54, 1.807) is 29.1 Å². The molecule has 2 aromatic carbocycles. The maximum absolute atomic E-state index is 12.5. The number of nitrogens with one attached hydrogen (secondary N) is 2. The third kappa shape index (κ3) is 4.36. The SMILES string of the molecule is O=C(/C=C/c1cnn(-c2ccccc2)c1)NNC(=O)c1ccccc1-n1cccc1. The van der Waals surface area contributed by atoms with E-state index in [4.69, 9.17) is 0 Å². The van der Waals surface area contributed by atoms with Crippen LogP contribution in [-0.2, 0) is 4.79 Å². The Morgan fingerprint density at radius 3 is 2.40 bits per heavy atom. The van der Waals surface area contributed by atoms with Crippen molar-refractivity contribution in [3.05, 3.63) is 109 Å². The van der Waals surface area contributed by atoms with E-state index in [2.05, 4.69) is 16.0 Å². The molecule has 2 aromatic heterocycles. The van der Waals surface area contributed by atoms with Crippen molar-refractivity contribution in [1.29, 1.82) is 0 Å². The molecule has 7 heteroatoms. The zero-order chi connectivity index (χ0) is 20.8. The second-order valence-corrected chi connectivity index (χ2v) is 6.44. The summed E-state index contributed by atoms with van der Waals surface area (Å²) < 4.78 is 3.55. The zero-order valence-corrected chi connectivity index (χ0v) is 16.0. The standard InChI is InChI=1S/C23H19N5O2/c29-22(13-12-18-16-24-28(17-18)19-8-2-1-3-9-19)25-26-23(30)20-10-4-5-11-21(20)27-14-6-7-15-27/h1-17H,(H,25,29)(H,26,30)/b13-12+. The van der Waals surface area contributed by atoms with Gasteiger partial charge in [0.2, 0.25) is 0 Å². The number of aromatic nitrogens is 3. The molecule has 2 heterocycles. The molecule has 0 spiro atoms. The third-order valence-corrected chi connectivity index (χ3v) is 4.38. The van der Waals surface area contributed by atoms with Crippen molar-refractivity contribution in [1.82, 2.24) is 25.2 Å². The number of nitrogens with zero attached hydrogens (tertiary/aromatic N) is 3. The molecule has 0 fully saturated rings. The monoisotopic (exact) mass is 397 g/mol. The molecule has 148 valence electrons. The topological polar surface area (TPSA) is 81.0 Å². The molecular weight excluding hydrogens is 378 g/mol. The lowest BCUT2D eigenvalue weighted by Gasteiger charge is -2.11. The van der Waals surface area contributed by atoms with Crippen molar-refractivity contribution in [3.8, 4) is 11.4 Å². The fraction of sp³-hybridized carbons (Fsp3) is 0. The minimum atomic E-state index is -0.450. The number of hydrogen-bond donors (Lipinski definition) is 2. The van der Waals surface area contributed by atoms with Crippen molar-refractivity contribution in [2.24, 2.45) is 0 Å². The van der Waals surface area contributed by atoms with E-state index < -0.39 is 11.8 Å². The van der Waals surface area contributed by atoms with Crippen molar-refractivity contribution >= 4 is 17.9 Å². The van der Waals surface area contributed by atoms with Crippen molar-refractivity contribution < 1.29 is 9.59 Å². The molecule has 7 nitrogen and oxygen atoms in total. The average Bonchev–Trinajstić information content (AvgIpc) is 3.49. The minimum Gasteiger partial charge on any atom is -0.323 e. The zero-order valence-electron chi connectivity index (χ0n) is 16.0. The molecule has 0 bridgehead atoms. The van der Waals surface area contributed by atoms with E-state index >= 15 is 0 Å². The largest absolute Gasteiger partial charge is 0.323 e. The van der Waals surface area contributed by atoms with Gasteiger partial charge in [0.25, 0.3) is 11.8 Å². The molecular formula is C23H19N5O2. The molecule has 4 rings (SSSR count). The van der Waals surface area contributed by atoms with Crippen LogP contribution in [0.1, 0.15) is 15.9 Å². The van der Waals surface area contributed by atoms with Crippen LogP contribution in [0.3, 0.4) is 0 Å². The number of amides is 2. The van der Waals surface area contributed by atoms with Gasteiger partial charge in [-0.15, -0.1) is 0 Å². The van der Waals surface area contributed by atoms with E-state index in [-0.39, 0.29) is 0 Å². The summed E-state index contributed by atoms with van der Waals surface area (Å²) >= 11 is 0. The first-order valence-electron chi connectivity index (χ1n) is 9.31. The Balaban J connectivity index is 1.37. The number of carbonyl (C=O) groups is 2. The minimum absolute atomic E-state index is 0.405. The van der Waals surface area contributed by atoms with Gasteiger partial charge in [-0.05, 0) is 42.5 Å². The van der Waals surface area contributed by atoms with Gasteiger partial charge in [0.15, 0.2) is 0 Å². The van der Waals surface area contributed by atoms with Crippen molar-refractivity contribution in [2.75, 3.05) is 0 Å². The van der Waals surface area contributed by atoms with E-state index in [1.807, 2.05) is 77.8 Å². The summed E-state index contributed by atoms with van der Waals surface area (Å²) in [5.41, 5.74) is 7.70. The lowest BCUT2D eigenvalue weighted by atomic mass is 10.1. The summed E-state index contributed by atoms with van der Waals surface area (Å²) in [5.74, 6) is -0.854. The number of hydrogen-bond acceptors (Lipinski definition) is 3. The van der Waals surface area contributed by atoms with Gasteiger partial charge in [0.05, 0.1) is 23.1 Å². The fourth-order valence-electron chi connectivity index (χ4n) is 2.93. The summed E-state index contributed by atoms with van der Waals surface area (Å²) in [6.45, 7) is 0. The van der Waals surface area contributed by atoms with E-state index in [1.165, 1.54) is 6.08 Å². The van der Waals surface area contributed by atoms with Crippen LogP contribution in [0.4, 0.5) is 0 Å².